The van der Waals surface area contributed by atoms with Gasteiger partial charge < -0.3 is 10.6 Å². The highest BCUT2D eigenvalue weighted by Crippen LogP contribution is 2.70. The summed E-state index contributed by atoms with van der Waals surface area (Å²) >= 11 is 0. The molecule has 1 aromatic carbocycles. The van der Waals surface area contributed by atoms with Crippen LogP contribution in [0, 0.1) is 28.6 Å². The molecule has 5 saturated carbocycles. The zero-order valence-corrected chi connectivity index (χ0v) is 15.8. The van der Waals surface area contributed by atoms with Crippen LogP contribution in [0.15, 0.2) is 30.3 Å². The summed E-state index contributed by atoms with van der Waals surface area (Å²) in [6.45, 7) is 4.65. The highest BCUT2D eigenvalue weighted by molar-refractivity contribution is 5.84. The Morgan fingerprint density at radius 3 is 2.54 bits per heavy atom. The summed E-state index contributed by atoms with van der Waals surface area (Å²) in [5, 5.41) is 6.96. The zero-order chi connectivity index (χ0) is 17.6. The van der Waals surface area contributed by atoms with Gasteiger partial charge in [0.05, 0.1) is 5.41 Å². The maximum absolute atomic E-state index is 13.6. The molecule has 0 spiro atoms. The molecule has 3 nitrogen and oxygen atoms in total. The van der Waals surface area contributed by atoms with Crippen LogP contribution in [0.4, 0.5) is 0 Å². The van der Waals surface area contributed by atoms with E-state index >= 15 is 0 Å². The van der Waals surface area contributed by atoms with Crippen LogP contribution in [0.2, 0.25) is 0 Å². The van der Waals surface area contributed by atoms with Crippen molar-refractivity contribution in [3.8, 4) is 0 Å². The first-order valence-electron chi connectivity index (χ1n) is 10.6. The number of carbonyl (C=O) groups excluding carboxylic acids is 1. The average molecular weight is 351 g/mol. The number of hydrogen-bond acceptors (Lipinski definition) is 2. The molecule has 7 atom stereocenters. The highest BCUT2D eigenvalue weighted by Gasteiger charge is 2.65. The van der Waals surface area contributed by atoms with E-state index in [1.54, 1.807) is 0 Å². The molecule has 2 N–H and O–H groups in total. The smallest absolute Gasteiger partial charge is 0.226 e. The highest BCUT2D eigenvalue weighted by atomic mass is 16.2. The Balaban J connectivity index is 1.33. The van der Waals surface area contributed by atoms with E-state index in [0.29, 0.717) is 29.2 Å². The molecule has 0 aromatic heterocycles. The van der Waals surface area contributed by atoms with Gasteiger partial charge in [0.25, 0.3) is 0 Å². The van der Waals surface area contributed by atoms with Gasteiger partial charge in [-0.25, -0.2) is 0 Å². The van der Waals surface area contributed by atoms with E-state index in [1.807, 2.05) is 0 Å². The summed E-state index contributed by atoms with van der Waals surface area (Å²) in [7, 11) is 0. The molecule has 1 amide bonds. The number of nitrogens with one attached hydrogen (secondary N) is 2. The maximum atomic E-state index is 13.6. The fourth-order valence-corrected chi connectivity index (χ4v) is 8.22. The van der Waals surface area contributed by atoms with E-state index in [2.05, 4.69) is 47.9 Å². The Labute approximate surface area is 156 Å². The first-order valence-corrected chi connectivity index (χ1v) is 10.6. The first kappa shape index (κ1) is 15.7. The van der Waals surface area contributed by atoms with Crippen molar-refractivity contribution in [2.45, 2.75) is 56.9 Å². The van der Waals surface area contributed by atoms with Crippen LogP contribution in [-0.2, 0) is 10.2 Å². The second-order valence-corrected chi connectivity index (χ2v) is 10.7. The van der Waals surface area contributed by atoms with Gasteiger partial charge in [0.15, 0.2) is 0 Å². The summed E-state index contributed by atoms with van der Waals surface area (Å²) in [5.41, 5.74) is 1.94. The summed E-state index contributed by atoms with van der Waals surface area (Å²) in [6.07, 6.45) is 7.20. The number of amides is 1. The molecule has 6 fully saturated rings. The lowest BCUT2D eigenvalue weighted by Crippen LogP contribution is -2.62. The lowest BCUT2D eigenvalue weighted by Gasteiger charge is -2.65. The zero-order valence-electron chi connectivity index (χ0n) is 15.8. The Bertz CT molecular complexity index is 753. The van der Waals surface area contributed by atoms with Crippen LogP contribution in [0.3, 0.4) is 0 Å². The molecule has 3 heteroatoms. The lowest BCUT2D eigenvalue weighted by atomic mass is 9.38. The van der Waals surface area contributed by atoms with Crippen molar-refractivity contribution in [2.24, 2.45) is 28.6 Å². The Morgan fingerprint density at radius 1 is 1.04 bits per heavy atom. The summed E-state index contributed by atoms with van der Waals surface area (Å²) < 4.78 is 0. The number of hydrogen-bond donors (Lipinski definition) is 2. The van der Waals surface area contributed by atoms with Gasteiger partial charge in [0.1, 0.15) is 0 Å². The van der Waals surface area contributed by atoms with Crippen LogP contribution in [0.25, 0.3) is 0 Å². The Kier molecular flexibility index (Phi) is 2.97. The van der Waals surface area contributed by atoms with Crippen molar-refractivity contribution in [2.75, 3.05) is 13.1 Å². The topological polar surface area (TPSA) is 41.1 Å². The molecule has 1 heterocycles. The molecule has 7 rings (SSSR count). The van der Waals surface area contributed by atoms with Crippen molar-refractivity contribution in [1.82, 2.24) is 10.6 Å². The van der Waals surface area contributed by atoms with Crippen molar-refractivity contribution in [1.29, 1.82) is 0 Å². The minimum atomic E-state index is -0.117. The number of fused-ring (bicyclic) bond motifs is 1. The van der Waals surface area contributed by atoms with Gasteiger partial charge >= 0.3 is 0 Å². The number of carbonyl (C=O) groups is 1. The average Bonchev–Trinajstić information content (AvgIpc) is 3.01. The van der Waals surface area contributed by atoms with Gasteiger partial charge in [-0.05, 0) is 72.7 Å². The lowest BCUT2D eigenvalue weighted by molar-refractivity contribution is -0.160. The van der Waals surface area contributed by atoms with Gasteiger partial charge in [-0.1, -0.05) is 37.3 Å². The predicted octanol–water partition coefficient (Wildman–Crippen LogP) is 3.25. The molecule has 1 aliphatic heterocycles. The second kappa shape index (κ2) is 4.92. The van der Waals surface area contributed by atoms with Crippen molar-refractivity contribution < 1.29 is 4.79 Å². The molecule has 4 unspecified atom stereocenters. The molecular weight excluding hydrogens is 320 g/mol. The van der Waals surface area contributed by atoms with Gasteiger partial charge in [0.2, 0.25) is 5.91 Å². The van der Waals surface area contributed by atoms with Crippen molar-refractivity contribution in [3.05, 3.63) is 35.9 Å². The van der Waals surface area contributed by atoms with Gasteiger partial charge in [-0.3, -0.25) is 4.79 Å². The fourth-order valence-electron chi connectivity index (χ4n) is 8.22. The molecule has 0 radical (unpaired) electrons. The molecule has 1 saturated heterocycles. The largest absolute Gasteiger partial charge is 0.352 e. The Hall–Kier alpha value is -1.35. The van der Waals surface area contributed by atoms with Crippen LogP contribution in [-0.4, -0.2) is 25.0 Å². The number of piperidine rings is 1. The standard InChI is InChI=1S/C23H30N2O/c1-21-7-15-8-22(12-21,16-5-3-2-4-6-16)14-23(9-15,13-21)20(26)25-19-17-10-24-11-18(17)19/h2-6,15,17-19,24H,7-14H2,1H3,(H,25,26)/t15?,17-,18+,19+,21?,22?,23?. The van der Waals surface area contributed by atoms with E-state index in [-0.39, 0.29) is 10.8 Å². The quantitative estimate of drug-likeness (QED) is 0.879. The summed E-state index contributed by atoms with van der Waals surface area (Å²) in [5.74, 6) is 2.52. The predicted molar refractivity (Wildman–Crippen MR) is 102 cm³/mol. The molecule has 4 bridgehead atoms. The minimum absolute atomic E-state index is 0.117. The van der Waals surface area contributed by atoms with Crippen LogP contribution < -0.4 is 10.6 Å². The maximum Gasteiger partial charge on any atom is 0.226 e. The summed E-state index contributed by atoms with van der Waals surface area (Å²) in [4.78, 5) is 13.6. The SMILES string of the molecule is CC12CC3CC(C(=O)N[C@H]4[C@@H]5CNC[C@@H]54)(C1)CC(c1ccccc1)(C3)C2. The molecular formula is C23H30N2O. The summed E-state index contributed by atoms with van der Waals surface area (Å²) in [6, 6.07) is 11.6. The number of benzene rings is 1. The van der Waals surface area contributed by atoms with Crippen LogP contribution in [0.1, 0.15) is 51.0 Å². The monoisotopic (exact) mass is 350 g/mol. The van der Waals surface area contributed by atoms with E-state index in [0.717, 1.165) is 38.3 Å². The first-order chi connectivity index (χ1) is 12.5. The van der Waals surface area contributed by atoms with E-state index in [4.69, 9.17) is 0 Å². The van der Waals surface area contributed by atoms with Crippen LogP contribution in [0.5, 0.6) is 0 Å². The van der Waals surface area contributed by atoms with Gasteiger partial charge in [-0.2, -0.15) is 0 Å². The number of rotatable bonds is 3. The molecule has 1 aromatic rings. The Morgan fingerprint density at radius 2 is 1.81 bits per heavy atom. The fraction of sp³-hybridized carbons (Fsp3) is 0.696. The third-order valence-electron chi connectivity index (χ3n) is 8.60. The van der Waals surface area contributed by atoms with Gasteiger partial charge in [0, 0.05) is 19.1 Å². The molecule has 138 valence electrons. The third-order valence-corrected chi connectivity index (χ3v) is 8.60. The van der Waals surface area contributed by atoms with E-state index in [9.17, 15) is 4.79 Å². The van der Waals surface area contributed by atoms with E-state index in [1.165, 1.54) is 24.8 Å². The molecule has 26 heavy (non-hydrogen) atoms. The van der Waals surface area contributed by atoms with E-state index < -0.39 is 0 Å². The molecule has 5 aliphatic carbocycles. The van der Waals surface area contributed by atoms with Crippen molar-refractivity contribution in [3.63, 3.8) is 0 Å². The minimum Gasteiger partial charge on any atom is -0.352 e. The van der Waals surface area contributed by atoms with Crippen LogP contribution >= 0.6 is 0 Å². The molecule has 6 aliphatic rings. The van der Waals surface area contributed by atoms with Crippen molar-refractivity contribution >= 4 is 5.91 Å². The second-order valence-electron chi connectivity index (χ2n) is 10.7. The normalized spacial score (nSPS) is 50.5. The third kappa shape index (κ3) is 2.07. The van der Waals surface area contributed by atoms with Gasteiger partial charge in [-0.15, -0.1) is 0 Å².